The van der Waals surface area contributed by atoms with E-state index < -0.39 is 0 Å². The molecule has 1 aliphatic carbocycles. The van der Waals surface area contributed by atoms with Crippen molar-refractivity contribution in [1.82, 2.24) is 14.8 Å². The van der Waals surface area contributed by atoms with Crippen molar-refractivity contribution in [2.24, 2.45) is 11.3 Å². The van der Waals surface area contributed by atoms with Crippen LogP contribution in [-0.2, 0) is 6.54 Å². The molecule has 0 aromatic carbocycles. The third-order valence-electron chi connectivity index (χ3n) is 3.58. The fourth-order valence-corrected chi connectivity index (χ4v) is 3.13. The number of nitrogens with one attached hydrogen (secondary N) is 1. The summed E-state index contributed by atoms with van der Waals surface area (Å²) in [6.45, 7) is 10.7. The molecule has 3 rings (SSSR count). The zero-order valence-corrected chi connectivity index (χ0v) is 14.1. The smallest absolute Gasteiger partial charge is 0.183 e. The molecule has 0 unspecified atom stereocenters. The van der Waals surface area contributed by atoms with Crippen molar-refractivity contribution in [3.05, 3.63) is 18.0 Å². The maximum absolute atomic E-state index is 4.70. The molecule has 2 aromatic rings. The van der Waals surface area contributed by atoms with Crippen molar-refractivity contribution in [2.45, 2.75) is 47.1 Å². The van der Waals surface area contributed by atoms with Gasteiger partial charge in [-0.3, -0.25) is 4.68 Å². The molecule has 114 valence electrons. The first-order chi connectivity index (χ1) is 9.90. The lowest BCUT2D eigenvalue weighted by molar-refractivity contribution is 0.443. The number of aryl methyl sites for hydroxylation is 1. The average molecular weight is 304 g/mol. The lowest BCUT2D eigenvalue weighted by Crippen LogP contribution is -2.18. The largest absolute Gasteiger partial charge is 0.361 e. The molecular weight excluding hydrogens is 280 g/mol. The Bertz CT molecular complexity index is 617. The fraction of sp³-hybridized carbons (Fsp3) is 0.625. The van der Waals surface area contributed by atoms with Gasteiger partial charge in [-0.1, -0.05) is 32.1 Å². The van der Waals surface area contributed by atoms with Gasteiger partial charge in [0.05, 0.1) is 10.6 Å². The lowest BCUT2D eigenvalue weighted by atomic mass is 9.97. The highest BCUT2D eigenvalue weighted by Crippen LogP contribution is 2.33. The minimum Gasteiger partial charge on any atom is -0.361 e. The number of nitrogens with zero attached hydrogens (tertiary/aromatic N) is 3. The summed E-state index contributed by atoms with van der Waals surface area (Å²) in [5, 5.41) is 9.14. The van der Waals surface area contributed by atoms with Crippen LogP contribution in [0.25, 0.3) is 10.6 Å². The maximum atomic E-state index is 4.70. The number of hydrogen-bond acceptors (Lipinski definition) is 4. The van der Waals surface area contributed by atoms with Crippen LogP contribution >= 0.6 is 11.3 Å². The van der Waals surface area contributed by atoms with Crippen LogP contribution in [0.3, 0.4) is 0 Å². The summed E-state index contributed by atoms with van der Waals surface area (Å²) >= 11 is 1.70. The quantitative estimate of drug-likeness (QED) is 0.901. The third kappa shape index (κ3) is 3.84. The molecule has 1 saturated carbocycles. The van der Waals surface area contributed by atoms with Crippen molar-refractivity contribution in [2.75, 3.05) is 11.9 Å². The molecule has 1 N–H and O–H groups in total. The molecule has 0 saturated heterocycles. The predicted molar refractivity (Wildman–Crippen MR) is 88.7 cm³/mol. The van der Waals surface area contributed by atoms with Gasteiger partial charge in [-0.05, 0) is 37.2 Å². The Morgan fingerprint density at radius 1 is 1.38 bits per heavy atom. The van der Waals surface area contributed by atoms with E-state index in [0.717, 1.165) is 35.5 Å². The Hall–Kier alpha value is -1.36. The Kier molecular flexibility index (Phi) is 3.78. The molecule has 0 spiro atoms. The fourth-order valence-electron chi connectivity index (χ4n) is 2.20. The summed E-state index contributed by atoms with van der Waals surface area (Å²) in [6, 6.07) is 2.11. The second-order valence-corrected chi connectivity index (χ2v) is 8.21. The molecule has 1 fully saturated rings. The minimum absolute atomic E-state index is 0.256. The Labute approximate surface area is 130 Å². The third-order valence-corrected chi connectivity index (χ3v) is 4.72. The van der Waals surface area contributed by atoms with Gasteiger partial charge in [0.2, 0.25) is 0 Å². The first kappa shape index (κ1) is 14.6. The maximum Gasteiger partial charge on any atom is 0.183 e. The van der Waals surface area contributed by atoms with Gasteiger partial charge in [0.1, 0.15) is 5.69 Å². The first-order valence-electron chi connectivity index (χ1n) is 7.66. The Morgan fingerprint density at radius 2 is 2.14 bits per heavy atom. The SMILES string of the molecule is Cc1nc(NCC(C)(C)C)sc1-c1ccn(CC2CC2)n1. The average Bonchev–Trinajstić information content (AvgIpc) is 2.94. The summed E-state index contributed by atoms with van der Waals surface area (Å²) < 4.78 is 2.08. The number of hydrogen-bond donors (Lipinski definition) is 1. The van der Waals surface area contributed by atoms with E-state index in [1.54, 1.807) is 11.3 Å². The van der Waals surface area contributed by atoms with Crippen molar-refractivity contribution in [1.29, 1.82) is 0 Å². The molecule has 0 radical (unpaired) electrons. The van der Waals surface area contributed by atoms with Gasteiger partial charge >= 0.3 is 0 Å². The second-order valence-electron chi connectivity index (χ2n) is 7.21. The molecule has 2 aromatic heterocycles. The number of rotatable bonds is 5. The molecule has 0 bridgehead atoms. The van der Waals surface area contributed by atoms with Crippen LogP contribution < -0.4 is 5.32 Å². The van der Waals surface area contributed by atoms with Crippen LogP contribution in [0, 0.1) is 18.3 Å². The van der Waals surface area contributed by atoms with Gasteiger partial charge < -0.3 is 5.32 Å². The molecule has 0 atom stereocenters. The second kappa shape index (κ2) is 5.44. The van der Waals surface area contributed by atoms with Crippen LogP contribution in [-0.4, -0.2) is 21.3 Å². The standard InChI is InChI=1S/C16H24N4S/c1-11-14(21-15(18-11)17-10-16(2,3)4)13-7-8-20(19-13)9-12-5-6-12/h7-8,12H,5-6,9-10H2,1-4H3,(H,17,18). The van der Waals surface area contributed by atoms with Crippen LogP contribution in [0.5, 0.6) is 0 Å². The van der Waals surface area contributed by atoms with Crippen LogP contribution in [0.2, 0.25) is 0 Å². The summed E-state index contributed by atoms with van der Waals surface area (Å²) in [6.07, 6.45) is 4.81. The first-order valence-corrected chi connectivity index (χ1v) is 8.47. The molecule has 21 heavy (non-hydrogen) atoms. The molecule has 4 nitrogen and oxygen atoms in total. The van der Waals surface area contributed by atoms with Crippen molar-refractivity contribution in [3.8, 4) is 10.6 Å². The molecule has 0 aliphatic heterocycles. The van der Waals surface area contributed by atoms with E-state index in [4.69, 9.17) is 5.10 Å². The van der Waals surface area contributed by atoms with Gasteiger partial charge in [0.15, 0.2) is 5.13 Å². The van der Waals surface area contributed by atoms with Gasteiger partial charge in [-0.25, -0.2) is 4.98 Å². The number of anilines is 1. The normalized spacial score (nSPS) is 15.4. The van der Waals surface area contributed by atoms with E-state index in [0.29, 0.717) is 0 Å². The lowest BCUT2D eigenvalue weighted by Gasteiger charge is -2.17. The summed E-state index contributed by atoms with van der Waals surface area (Å²) in [5.41, 5.74) is 2.37. The van der Waals surface area contributed by atoms with Gasteiger partial charge in [0, 0.05) is 19.3 Å². The monoisotopic (exact) mass is 304 g/mol. The zero-order chi connectivity index (χ0) is 15.0. The highest BCUT2D eigenvalue weighted by Gasteiger charge is 2.22. The van der Waals surface area contributed by atoms with Crippen LogP contribution in [0.1, 0.15) is 39.3 Å². The summed E-state index contributed by atoms with van der Waals surface area (Å²) in [4.78, 5) is 5.81. The molecule has 2 heterocycles. The minimum atomic E-state index is 0.256. The highest BCUT2D eigenvalue weighted by atomic mass is 32.1. The van der Waals surface area contributed by atoms with E-state index in [2.05, 4.69) is 54.9 Å². The van der Waals surface area contributed by atoms with E-state index in [9.17, 15) is 0 Å². The van der Waals surface area contributed by atoms with Gasteiger partial charge in [-0.2, -0.15) is 5.10 Å². The van der Waals surface area contributed by atoms with E-state index in [-0.39, 0.29) is 5.41 Å². The Balaban J connectivity index is 1.72. The van der Waals surface area contributed by atoms with Crippen LogP contribution in [0.15, 0.2) is 12.3 Å². The summed E-state index contributed by atoms with van der Waals surface area (Å²) in [7, 11) is 0. The molecule has 5 heteroatoms. The zero-order valence-electron chi connectivity index (χ0n) is 13.3. The highest BCUT2D eigenvalue weighted by molar-refractivity contribution is 7.19. The van der Waals surface area contributed by atoms with E-state index in [1.807, 2.05) is 0 Å². The molecule has 1 aliphatic rings. The van der Waals surface area contributed by atoms with Crippen molar-refractivity contribution >= 4 is 16.5 Å². The number of thiazole rings is 1. The summed E-state index contributed by atoms with van der Waals surface area (Å²) in [5.74, 6) is 0.851. The Morgan fingerprint density at radius 3 is 2.81 bits per heavy atom. The topological polar surface area (TPSA) is 42.7 Å². The molecular formula is C16H24N4S. The van der Waals surface area contributed by atoms with E-state index >= 15 is 0 Å². The van der Waals surface area contributed by atoms with Gasteiger partial charge in [-0.15, -0.1) is 0 Å². The van der Waals surface area contributed by atoms with Gasteiger partial charge in [0.25, 0.3) is 0 Å². The van der Waals surface area contributed by atoms with Crippen molar-refractivity contribution < 1.29 is 0 Å². The van der Waals surface area contributed by atoms with E-state index in [1.165, 1.54) is 17.7 Å². The van der Waals surface area contributed by atoms with Crippen molar-refractivity contribution in [3.63, 3.8) is 0 Å². The predicted octanol–water partition coefficient (Wildman–Crippen LogP) is 4.18. The molecule has 0 amide bonds. The number of aromatic nitrogens is 3. The van der Waals surface area contributed by atoms with Crippen LogP contribution in [0.4, 0.5) is 5.13 Å².